The molecule has 2 unspecified atom stereocenters. The van der Waals surface area contributed by atoms with Crippen LogP contribution in [0.25, 0.3) is 0 Å². The normalized spacial score (nSPS) is 48.0. The number of halogens is 1. The van der Waals surface area contributed by atoms with E-state index in [-0.39, 0.29) is 12.2 Å². The second-order valence-corrected chi connectivity index (χ2v) is 3.40. The summed E-state index contributed by atoms with van der Waals surface area (Å²) in [6, 6.07) is 0. The number of alkyl halides is 1. The van der Waals surface area contributed by atoms with Crippen LogP contribution in [-0.2, 0) is 4.74 Å². The molecular formula is C6H11IO3. The van der Waals surface area contributed by atoms with Crippen LogP contribution in [0.2, 0.25) is 0 Å². The lowest BCUT2D eigenvalue weighted by atomic mass is 10.1. The van der Waals surface area contributed by atoms with E-state index in [0.29, 0.717) is 0 Å². The summed E-state index contributed by atoms with van der Waals surface area (Å²) in [6.07, 6.45) is -1.83. The lowest BCUT2D eigenvalue weighted by Gasteiger charge is -2.10. The van der Waals surface area contributed by atoms with Gasteiger partial charge in [-0.3, -0.25) is 0 Å². The fraction of sp³-hybridized carbons (Fsp3) is 1.00. The molecule has 1 aliphatic rings. The van der Waals surface area contributed by atoms with Gasteiger partial charge in [-0.1, -0.05) is 22.6 Å². The first-order valence-electron chi connectivity index (χ1n) is 3.24. The van der Waals surface area contributed by atoms with Crippen molar-refractivity contribution >= 4 is 22.6 Å². The fourth-order valence-corrected chi connectivity index (χ4v) is 1.79. The highest BCUT2D eigenvalue weighted by Crippen LogP contribution is 2.21. The fourth-order valence-electron chi connectivity index (χ4n) is 1.06. The van der Waals surface area contributed by atoms with Gasteiger partial charge in [0, 0.05) is 4.43 Å². The third-order valence-electron chi connectivity index (χ3n) is 1.75. The number of aliphatic hydroxyl groups excluding tert-OH is 2. The van der Waals surface area contributed by atoms with Crippen molar-refractivity contribution in [3.63, 3.8) is 0 Å². The Balaban J connectivity index is 2.53. The van der Waals surface area contributed by atoms with Gasteiger partial charge in [0.15, 0.2) is 0 Å². The Morgan fingerprint density at radius 1 is 1.40 bits per heavy atom. The maximum Gasteiger partial charge on any atom is 0.109 e. The Morgan fingerprint density at radius 3 is 2.20 bits per heavy atom. The summed E-state index contributed by atoms with van der Waals surface area (Å²) in [5, 5.41) is 18.4. The molecule has 0 aromatic heterocycles. The van der Waals surface area contributed by atoms with Crippen molar-refractivity contribution in [1.82, 2.24) is 0 Å². The molecule has 0 aromatic rings. The monoisotopic (exact) mass is 258 g/mol. The molecule has 1 heterocycles. The zero-order valence-corrected chi connectivity index (χ0v) is 7.85. The highest BCUT2D eigenvalue weighted by Gasteiger charge is 2.39. The minimum Gasteiger partial charge on any atom is -0.388 e. The SMILES string of the molecule is C[C@@H]1O[C@H](CI)C(O)C1O. The standard InChI is InChI=1S/C6H11IO3/c1-3-5(8)6(9)4(2-7)10-3/h3-6,8-9H,2H2,1H3/t3-,4+,5?,6?/m0/s1. The molecular weight excluding hydrogens is 247 g/mol. The van der Waals surface area contributed by atoms with E-state index in [9.17, 15) is 10.2 Å². The maximum absolute atomic E-state index is 9.25. The average Bonchev–Trinajstić information content (AvgIpc) is 2.17. The second-order valence-electron chi connectivity index (χ2n) is 2.52. The second kappa shape index (κ2) is 3.34. The molecule has 1 saturated heterocycles. The van der Waals surface area contributed by atoms with E-state index in [0.717, 1.165) is 4.43 Å². The predicted molar refractivity (Wildman–Crippen MR) is 45.2 cm³/mol. The summed E-state index contributed by atoms with van der Waals surface area (Å²) < 4.78 is 5.95. The van der Waals surface area contributed by atoms with E-state index in [2.05, 4.69) is 22.6 Å². The molecule has 1 rings (SSSR count). The number of ether oxygens (including phenoxy) is 1. The van der Waals surface area contributed by atoms with Crippen molar-refractivity contribution in [2.24, 2.45) is 0 Å². The first-order chi connectivity index (χ1) is 4.66. The van der Waals surface area contributed by atoms with Gasteiger partial charge in [-0.2, -0.15) is 0 Å². The Kier molecular flexibility index (Phi) is 2.91. The maximum atomic E-state index is 9.25. The highest BCUT2D eigenvalue weighted by molar-refractivity contribution is 14.1. The van der Waals surface area contributed by atoms with E-state index >= 15 is 0 Å². The lowest BCUT2D eigenvalue weighted by Crippen LogP contribution is -2.32. The van der Waals surface area contributed by atoms with Gasteiger partial charge >= 0.3 is 0 Å². The average molecular weight is 258 g/mol. The van der Waals surface area contributed by atoms with Crippen molar-refractivity contribution in [3.8, 4) is 0 Å². The summed E-state index contributed by atoms with van der Waals surface area (Å²) in [7, 11) is 0. The number of hydrogen-bond donors (Lipinski definition) is 2. The van der Waals surface area contributed by atoms with Gasteiger partial charge < -0.3 is 14.9 Å². The van der Waals surface area contributed by atoms with Crippen LogP contribution >= 0.6 is 22.6 Å². The van der Waals surface area contributed by atoms with Gasteiger partial charge in [-0.25, -0.2) is 0 Å². The molecule has 10 heavy (non-hydrogen) atoms. The summed E-state index contributed by atoms with van der Waals surface area (Å²) >= 11 is 2.13. The molecule has 1 aliphatic heterocycles. The van der Waals surface area contributed by atoms with Gasteiger partial charge in [0.25, 0.3) is 0 Å². The van der Waals surface area contributed by atoms with Crippen LogP contribution in [0.3, 0.4) is 0 Å². The zero-order chi connectivity index (χ0) is 7.72. The van der Waals surface area contributed by atoms with Crippen molar-refractivity contribution < 1.29 is 14.9 Å². The highest BCUT2D eigenvalue weighted by atomic mass is 127. The first kappa shape index (κ1) is 8.70. The summed E-state index contributed by atoms with van der Waals surface area (Å²) in [4.78, 5) is 0. The molecule has 0 saturated carbocycles. The minimum absolute atomic E-state index is 0.189. The van der Waals surface area contributed by atoms with E-state index in [1.54, 1.807) is 6.92 Å². The number of aliphatic hydroxyl groups is 2. The molecule has 0 aromatic carbocycles. The first-order valence-corrected chi connectivity index (χ1v) is 4.77. The van der Waals surface area contributed by atoms with Crippen molar-refractivity contribution in [3.05, 3.63) is 0 Å². The quantitative estimate of drug-likeness (QED) is 0.511. The molecule has 0 spiro atoms. The Bertz CT molecular complexity index is 120. The van der Waals surface area contributed by atoms with Crippen LogP contribution in [0, 0.1) is 0 Å². The van der Waals surface area contributed by atoms with Crippen LogP contribution in [-0.4, -0.2) is 39.1 Å². The molecule has 60 valence electrons. The zero-order valence-electron chi connectivity index (χ0n) is 5.70. The van der Waals surface area contributed by atoms with Crippen LogP contribution in [0.5, 0.6) is 0 Å². The van der Waals surface area contributed by atoms with Crippen LogP contribution in [0.1, 0.15) is 6.92 Å². The Hall–Kier alpha value is 0.610. The Labute approximate surface area is 73.5 Å². The largest absolute Gasteiger partial charge is 0.388 e. The van der Waals surface area contributed by atoms with Gasteiger partial charge in [0.05, 0.1) is 12.2 Å². The van der Waals surface area contributed by atoms with E-state index in [1.807, 2.05) is 0 Å². The van der Waals surface area contributed by atoms with Crippen LogP contribution in [0.4, 0.5) is 0 Å². The molecule has 0 bridgehead atoms. The molecule has 0 aliphatic carbocycles. The molecule has 0 amide bonds. The van der Waals surface area contributed by atoms with Gasteiger partial charge in [-0.15, -0.1) is 0 Å². The topological polar surface area (TPSA) is 49.7 Å². The van der Waals surface area contributed by atoms with Gasteiger partial charge in [-0.05, 0) is 6.92 Å². The smallest absolute Gasteiger partial charge is 0.109 e. The predicted octanol–water partition coefficient (Wildman–Crippen LogP) is -0.0695. The van der Waals surface area contributed by atoms with Crippen molar-refractivity contribution in [2.75, 3.05) is 4.43 Å². The third-order valence-corrected chi connectivity index (χ3v) is 2.62. The number of rotatable bonds is 1. The van der Waals surface area contributed by atoms with Gasteiger partial charge in [0.2, 0.25) is 0 Å². The van der Waals surface area contributed by atoms with E-state index < -0.39 is 12.2 Å². The summed E-state index contributed by atoms with van der Waals surface area (Å²) in [5.41, 5.74) is 0. The summed E-state index contributed by atoms with van der Waals surface area (Å²) in [5.74, 6) is 0. The number of hydrogen-bond acceptors (Lipinski definition) is 3. The minimum atomic E-state index is -0.709. The van der Waals surface area contributed by atoms with Crippen molar-refractivity contribution in [1.29, 1.82) is 0 Å². The lowest BCUT2D eigenvalue weighted by molar-refractivity contribution is 0.0308. The van der Waals surface area contributed by atoms with Gasteiger partial charge in [0.1, 0.15) is 12.2 Å². The molecule has 0 radical (unpaired) electrons. The van der Waals surface area contributed by atoms with E-state index in [4.69, 9.17) is 4.74 Å². The third kappa shape index (κ3) is 1.44. The van der Waals surface area contributed by atoms with Crippen LogP contribution in [0.15, 0.2) is 0 Å². The molecule has 2 N–H and O–H groups in total. The summed E-state index contributed by atoms with van der Waals surface area (Å²) in [6.45, 7) is 1.76. The molecule has 4 atom stereocenters. The van der Waals surface area contributed by atoms with E-state index in [1.165, 1.54) is 0 Å². The molecule has 1 fully saturated rings. The van der Waals surface area contributed by atoms with Crippen LogP contribution < -0.4 is 0 Å². The van der Waals surface area contributed by atoms with Crippen molar-refractivity contribution in [2.45, 2.75) is 31.3 Å². The molecule has 4 heteroatoms. The molecule has 3 nitrogen and oxygen atoms in total. The Morgan fingerprint density at radius 2 is 2.00 bits per heavy atom.